The van der Waals surface area contributed by atoms with Crippen LogP contribution in [0.1, 0.15) is 52.4 Å². The maximum absolute atomic E-state index is 6.44. The van der Waals surface area contributed by atoms with Gasteiger partial charge in [-0.25, -0.2) is 0 Å². The van der Waals surface area contributed by atoms with Crippen molar-refractivity contribution in [1.29, 1.82) is 0 Å². The SMILES string of the molecule is CCC(C)N1CCN(CCC2(N)CCCC2)CC1. The summed E-state index contributed by atoms with van der Waals surface area (Å²) in [5.74, 6) is 0. The molecule has 2 rings (SSSR count). The van der Waals surface area contributed by atoms with E-state index < -0.39 is 0 Å². The molecule has 106 valence electrons. The van der Waals surface area contributed by atoms with E-state index in [1.54, 1.807) is 0 Å². The first kappa shape index (κ1) is 14.3. The Hall–Kier alpha value is -0.120. The van der Waals surface area contributed by atoms with E-state index in [-0.39, 0.29) is 5.54 Å². The Kier molecular flexibility index (Phi) is 5.05. The summed E-state index contributed by atoms with van der Waals surface area (Å²) in [6.45, 7) is 10.8. The van der Waals surface area contributed by atoms with Gasteiger partial charge in [-0.2, -0.15) is 0 Å². The van der Waals surface area contributed by atoms with Crippen LogP contribution in [0.2, 0.25) is 0 Å². The Bertz CT molecular complexity index is 240. The molecule has 2 aliphatic rings. The fraction of sp³-hybridized carbons (Fsp3) is 1.00. The molecule has 2 fully saturated rings. The predicted molar refractivity (Wildman–Crippen MR) is 77.8 cm³/mol. The standard InChI is InChI=1S/C15H31N3/c1-3-14(2)18-12-10-17(11-13-18)9-8-15(16)6-4-5-7-15/h14H,3-13,16H2,1-2H3. The molecule has 1 saturated carbocycles. The van der Waals surface area contributed by atoms with Gasteiger partial charge in [0.05, 0.1) is 0 Å². The largest absolute Gasteiger partial charge is 0.325 e. The molecule has 0 bridgehead atoms. The van der Waals surface area contributed by atoms with Crippen LogP contribution in [0.25, 0.3) is 0 Å². The Balaban J connectivity index is 1.67. The van der Waals surface area contributed by atoms with Gasteiger partial charge in [-0.3, -0.25) is 4.90 Å². The van der Waals surface area contributed by atoms with Crippen LogP contribution in [0.5, 0.6) is 0 Å². The molecule has 1 atom stereocenters. The maximum Gasteiger partial charge on any atom is 0.0166 e. The Morgan fingerprint density at radius 1 is 1.11 bits per heavy atom. The summed E-state index contributed by atoms with van der Waals surface area (Å²) >= 11 is 0. The number of nitrogens with two attached hydrogens (primary N) is 1. The molecule has 1 saturated heterocycles. The lowest BCUT2D eigenvalue weighted by atomic mass is 9.94. The molecule has 0 spiro atoms. The number of hydrogen-bond donors (Lipinski definition) is 1. The summed E-state index contributed by atoms with van der Waals surface area (Å²) in [4.78, 5) is 5.25. The second-order valence-corrected chi connectivity index (χ2v) is 6.45. The minimum atomic E-state index is 0.174. The van der Waals surface area contributed by atoms with Gasteiger partial charge in [0, 0.05) is 37.8 Å². The van der Waals surface area contributed by atoms with E-state index in [4.69, 9.17) is 5.73 Å². The quantitative estimate of drug-likeness (QED) is 0.814. The fourth-order valence-electron chi connectivity index (χ4n) is 3.40. The molecular weight excluding hydrogens is 222 g/mol. The van der Waals surface area contributed by atoms with Crippen molar-refractivity contribution in [2.45, 2.75) is 64.0 Å². The van der Waals surface area contributed by atoms with Gasteiger partial charge in [0.2, 0.25) is 0 Å². The van der Waals surface area contributed by atoms with Crippen LogP contribution >= 0.6 is 0 Å². The van der Waals surface area contributed by atoms with Gasteiger partial charge >= 0.3 is 0 Å². The van der Waals surface area contributed by atoms with Crippen molar-refractivity contribution in [3.63, 3.8) is 0 Å². The van der Waals surface area contributed by atoms with Crippen molar-refractivity contribution in [2.24, 2.45) is 5.73 Å². The van der Waals surface area contributed by atoms with Crippen molar-refractivity contribution in [2.75, 3.05) is 32.7 Å². The van der Waals surface area contributed by atoms with E-state index in [0.29, 0.717) is 0 Å². The fourth-order valence-corrected chi connectivity index (χ4v) is 3.40. The first-order valence-corrected chi connectivity index (χ1v) is 7.88. The van der Waals surface area contributed by atoms with Gasteiger partial charge in [-0.1, -0.05) is 19.8 Å². The average Bonchev–Trinajstić information content (AvgIpc) is 2.83. The summed E-state index contributed by atoms with van der Waals surface area (Å²) in [6.07, 6.45) is 7.67. The number of nitrogens with zero attached hydrogens (tertiary/aromatic N) is 2. The summed E-state index contributed by atoms with van der Waals surface area (Å²) < 4.78 is 0. The molecule has 0 amide bonds. The van der Waals surface area contributed by atoms with Gasteiger partial charge < -0.3 is 10.6 Å². The molecule has 0 aromatic carbocycles. The van der Waals surface area contributed by atoms with Gasteiger partial charge in [0.25, 0.3) is 0 Å². The zero-order chi connectivity index (χ0) is 13.0. The van der Waals surface area contributed by atoms with E-state index in [1.807, 2.05) is 0 Å². The van der Waals surface area contributed by atoms with Crippen LogP contribution in [0, 0.1) is 0 Å². The average molecular weight is 253 g/mol. The second kappa shape index (κ2) is 6.36. The zero-order valence-corrected chi connectivity index (χ0v) is 12.3. The summed E-state index contributed by atoms with van der Waals surface area (Å²) in [5.41, 5.74) is 6.61. The molecule has 3 heteroatoms. The highest BCUT2D eigenvalue weighted by Crippen LogP contribution is 2.30. The number of piperazine rings is 1. The van der Waals surface area contributed by atoms with Crippen LogP contribution < -0.4 is 5.73 Å². The molecule has 1 aliphatic carbocycles. The molecule has 18 heavy (non-hydrogen) atoms. The van der Waals surface area contributed by atoms with Gasteiger partial charge in [-0.15, -0.1) is 0 Å². The van der Waals surface area contributed by atoms with Crippen LogP contribution in [0.15, 0.2) is 0 Å². The molecule has 0 aromatic rings. The molecule has 1 aliphatic heterocycles. The maximum atomic E-state index is 6.44. The minimum absolute atomic E-state index is 0.174. The third kappa shape index (κ3) is 3.69. The Labute approximate surface area is 113 Å². The third-order valence-corrected chi connectivity index (χ3v) is 5.15. The third-order valence-electron chi connectivity index (χ3n) is 5.15. The Morgan fingerprint density at radius 3 is 2.28 bits per heavy atom. The predicted octanol–water partition coefficient (Wildman–Crippen LogP) is 2.06. The van der Waals surface area contributed by atoms with Crippen LogP contribution in [0.4, 0.5) is 0 Å². The van der Waals surface area contributed by atoms with Crippen LogP contribution in [-0.2, 0) is 0 Å². The lowest BCUT2D eigenvalue weighted by Crippen LogP contribution is -2.51. The molecule has 1 unspecified atom stereocenters. The van der Waals surface area contributed by atoms with E-state index in [2.05, 4.69) is 23.6 Å². The van der Waals surface area contributed by atoms with Crippen molar-refractivity contribution >= 4 is 0 Å². The monoisotopic (exact) mass is 253 g/mol. The van der Waals surface area contributed by atoms with Crippen molar-refractivity contribution in [3.05, 3.63) is 0 Å². The van der Waals surface area contributed by atoms with E-state index in [9.17, 15) is 0 Å². The smallest absolute Gasteiger partial charge is 0.0166 e. The zero-order valence-electron chi connectivity index (χ0n) is 12.3. The van der Waals surface area contributed by atoms with Gasteiger partial charge in [0.15, 0.2) is 0 Å². The highest BCUT2D eigenvalue weighted by Gasteiger charge is 2.30. The molecule has 3 nitrogen and oxygen atoms in total. The summed E-state index contributed by atoms with van der Waals surface area (Å²) in [7, 11) is 0. The lowest BCUT2D eigenvalue weighted by molar-refractivity contribution is 0.0951. The van der Waals surface area contributed by atoms with E-state index in [0.717, 1.165) is 6.04 Å². The summed E-state index contributed by atoms with van der Waals surface area (Å²) in [6, 6.07) is 0.753. The first-order valence-electron chi connectivity index (χ1n) is 7.88. The molecule has 1 heterocycles. The van der Waals surface area contributed by atoms with Crippen LogP contribution in [-0.4, -0.2) is 54.1 Å². The number of hydrogen-bond acceptors (Lipinski definition) is 3. The Morgan fingerprint density at radius 2 is 1.72 bits per heavy atom. The topological polar surface area (TPSA) is 32.5 Å². The minimum Gasteiger partial charge on any atom is -0.325 e. The lowest BCUT2D eigenvalue weighted by Gasteiger charge is -2.39. The first-order chi connectivity index (χ1) is 8.63. The van der Waals surface area contributed by atoms with Gasteiger partial charge in [-0.05, 0) is 39.2 Å². The molecule has 2 N–H and O–H groups in total. The normalized spacial score (nSPS) is 27.5. The van der Waals surface area contributed by atoms with Crippen molar-refractivity contribution in [1.82, 2.24) is 9.80 Å². The molecular formula is C15H31N3. The highest BCUT2D eigenvalue weighted by molar-refractivity contribution is 4.90. The van der Waals surface area contributed by atoms with Crippen molar-refractivity contribution in [3.8, 4) is 0 Å². The molecule has 0 aromatic heterocycles. The van der Waals surface area contributed by atoms with Crippen molar-refractivity contribution < 1.29 is 0 Å². The van der Waals surface area contributed by atoms with Crippen LogP contribution in [0.3, 0.4) is 0 Å². The van der Waals surface area contributed by atoms with E-state index >= 15 is 0 Å². The van der Waals surface area contributed by atoms with Gasteiger partial charge in [0.1, 0.15) is 0 Å². The summed E-state index contributed by atoms with van der Waals surface area (Å²) in [5, 5.41) is 0. The number of rotatable bonds is 5. The second-order valence-electron chi connectivity index (χ2n) is 6.45. The molecule has 0 radical (unpaired) electrons. The highest BCUT2D eigenvalue weighted by atomic mass is 15.3. The van der Waals surface area contributed by atoms with E-state index in [1.165, 1.54) is 71.2 Å².